The summed E-state index contributed by atoms with van der Waals surface area (Å²) in [6.07, 6.45) is 2.41. The molecule has 0 saturated carbocycles. The minimum absolute atomic E-state index is 0.140. The normalized spacial score (nSPS) is 19.0. The zero-order chi connectivity index (χ0) is 22.9. The molecule has 164 valence electrons. The Kier molecular flexibility index (Phi) is 6.13. The van der Waals surface area contributed by atoms with Crippen molar-refractivity contribution in [2.24, 2.45) is 0 Å². The monoisotopic (exact) mass is 445 g/mol. The Bertz CT molecular complexity index is 1240. The summed E-state index contributed by atoms with van der Waals surface area (Å²) in [7, 11) is -3.84. The van der Waals surface area contributed by atoms with Crippen LogP contribution in [-0.4, -0.2) is 24.5 Å². The molecule has 1 aliphatic heterocycles. The number of aryl methyl sites for hydroxylation is 2. The van der Waals surface area contributed by atoms with Crippen molar-refractivity contribution in [2.45, 2.75) is 44.2 Å². The Morgan fingerprint density at radius 1 is 0.844 bits per heavy atom. The summed E-state index contributed by atoms with van der Waals surface area (Å²) < 4.78 is 29.2. The average Bonchev–Trinajstić information content (AvgIpc) is 3.20. The predicted molar refractivity (Wildman–Crippen MR) is 127 cm³/mol. The highest BCUT2D eigenvalue weighted by Gasteiger charge is 2.45. The Morgan fingerprint density at radius 3 is 1.97 bits per heavy atom. The molecule has 1 heterocycles. The van der Waals surface area contributed by atoms with Gasteiger partial charge in [-0.1, -0.05) is 90.9 Å². The maximum Gasteiger partial charge on any atom is 0.244 e. The van der Waals surface area contributed by atoms with Crippen molar-refractivity contribution in [3.8, 4) is 0 Å². The molecular formula is C27H27NO3S. The van der Waals surface area contributed by atoms with Crippen molar-refractivity contribution in [1.82, 2.24) is 4.31 Å². The third-order valence-corrected chi connectivity index (χ3v) is 7.86. The van der Waals surface area contributed by atoms with E-state index in [1.807, 2.05) is 69.3 Å². The number of carbonyl (C=O) groups excluding carboxylic acids is 1. The number of hydrogen-bond acceptors (Lipinski definition) is 3. The topological polar surface area (TPSA) is 54.5 Å². The van der Waals surface area contributed by atoms with Crippen LogP contribution in [0.3, 0.4) is 0 Å². The van der Waals surface area contributed by atoms with Crippen molar-refractivity contribution in [3.63, 3.8) is 0 Å². The molecule has 0 radical (unpaired) electrons. The highest BCUT2D eigenvalue weighted by molar-refractivity contribution is 7.89. The van der Waals surface area contributed by atoms with E-state index in [2.05, 4.69) is 0 Å². The Morgan fingerprint density at radius 2 is 1.41 bits per heavy atom. The van der Waals surface area contributed by atoms with E-state index in [4.69, 9.17) is 0 Å². The lowest BCUT2D eigenvalue weighted by molar-refractivity contribution is 0.102. The minimum Gasteiger partial charge on any atom is -0.289 e. The zero-order valence-electron chi connectivity index (χ0n) is 18.5. The van der Waals surface area contributed by atoms with E-state index >= 15 is 0 Å². The van der Waals surface area contributed by atoms with Crippen molar-refractivity contribution in [2.75, 3.05) is 0 Å². The molecule has 3 aromatic rings. The fraction of sp³-hybridized carbons (Fsp3) is 0.222. The van der Waals surface area contributed by atoms with E-state index in [1.54, 1.807) is 36.4 Å². The molecule has 3 aromatic carbocycles. The number of Topliss-reactive ketones (excluding diaryl/α,β-unsaturated/α-hetero) is 1. The molecule has 0 N–H and O–H groups in total. The number of sulfonamides is 1. The number of rotatable bonds is 6. The van der Waals surface area contributed by atoms with Gasteiger partial charge >= 0.3 is 0 Å². The quantitative estimate of drug-likeness (QED) is 0.462. The first-order valence-electron chi connectivity index (χ1n) is 10.8. The molecule has 0 fully saturated rings. The summed E-state index contributed by atoms with van der Waals surface area (Å²) in [5.41, 5.74) is 3.91. The smallest absolute Gasteiger partial charge is 0.244 e. The average molecular weight is 446 g/mol. The summed E-state index contributed by atoms with van der Waals surface area (Å²) in [6.45, 7) is 5.84. The molecule has 1 aliphatic rings. The number of ketones is 1. The van der Waals surface area contributed by atoms with Crippen LogP contribution in [0.15, 0.2) is 95.4 Å². The SMILES string of the molecule is CC[C@@H]1C=C(C(=O)c2ccc(C)cc2)[C@H](c2ccccc2)N1S(=O)(=O)c1ccc(C)cc1. The third-order valence-electron chi connectivity index (χ3n) is 5.95. The lowest BCUT2D eigenvalue weighted by atomic mass is 9.93. The maximum atomic E-state index is 13.8. The fourth-order valence-electron chi connectivity index (χ4n) is 4.18. The molecule has 0 aromatic heterocycles. The molecule has 0 aliphatic carbocycles. The van der Waals surface area contributed by atoms with Gasteiger partial charge in [-0.3, -0.25) is 4.79 Å². The molecule has 2 atom stereocenters. The molecular weight excluding hydrogens is 418 g/mol. The van der Waals surface area contributed by atoms with E-state index < -0.39 is 22.1 Å². The maximum absolute atomic E-state index is 13.8. The zero-order valence-corrected chi connectivity index (χ0v) is 19.3. The molecule has 0 amide bonds. The summed E-state index contributed by atoms with van der Waals surface area (Å²) in [5.74, 6) is -0.140. The van der Waals surface area contributed by atoms with Crippen LogP contribution >= 0.6 is 0 Å². The van der Waals surface area contributed by atoms with E-state index in [9.17, 15) is 13.2 Å². The van der Waals surface area contributed by atoms with Gasteiger partial charge in [0.1, 0.15) is 0 Å². The fourth-order valence-corrected chi connectivity index (χ4v) is 5.98. The van der Waals surface area contributed by atoms with Crippen LogP contribution in [0.2, 0.25) is 0 Å². The van der Waals surface area contributed by atoms with Crippen molar-refractivity contribution in [1.29, 1.82) is 0 Å². The summed E-state index contributed by atoms with van der Waals surface area (Å²) in [4.78, 5) is 13.8. The minimum atomic E-state index is -3.84. The van der Waals surface area contributed by atoms with Gasteiger partial charge in [0, 0.05) is 17.2 Å². The van der Waals surface area contributed by atoms with Crippen molar-refractivity contribution < 1.29 is 13.2 Å². The number of hydrogen-bond donors (Lipinski definition) is 0. The van der Waals surface area contributed by atoms with E-state index in [1.165, 1.54) is 4.31 Å². The second-order valence-corrected chi connectivity index (χ2v) is 10.1. The van der Waals surface area contributed by atoms with E-state index in [0.717, 1.165) is 16.7 Å². The van der Waals surface area contributed by atoms with Crippen LogP contribution in [0, 0.1) is 13.8 Å². The first-order chi connectivity index (χ1) is 15.3. The number of benzene rings is 3. The van der Waals surface area contributed by atoms with Gasteiger partial charge in [0.25, 0.3) is 0 Å². The van der Waals surface area contributed by atoms with E-state index in [0.29, 0.717) is 17.6 Å². The van der Waals surface area contributed by atoms with Crippen molar-refractivity contribution in [3.05, 3.63) is 113 Å². The number of nitrogens with zero attached hydrogens (tertiary/aromatic N) is 1. The first kappa shape index (κ1) is 22.2. The van der Waals surface area contributed by atoms with Gasteiger partial charge in [0.2, 0.25) is 10.0 Å². The summed E-state index contributed by atoms with van der Waals surface area (Å²) in [6, 6.07) is 22.6. The second-order valence-electron chi connectivity index (χ2n) is 8.25. The van der Waals surface area contributed by atoms with Crippen LogP contribution in [0.1, 0.15) is 46.4 Å². The largest absolute Gasteiger partial charge is 0.289 e. The Hall–Kier alpha value is -3.02. The summed E-state index contributed by atoms with van der Waals surface area (Å²) in [5, 5.41) is 0. The van der Waals surface area contributed by atoms with Gasteiger partial charge in [-0.15, -0.1) is 0 Å². The van der Waals surface area contributed by atoms with Crippen molar-refractivity contribution >= 4 is 15.8 Å². The molecule has 4 nitrogen and oxygen atoms in total. The van der Waals surface area contributed by atoms with Crippen LogP contribution in [-0.2, 0) is 10.0 Å². The van der Waals surface area contributed by atoms with Gasteiger partial charge < -0.3 is 0 Å². The third kappa shape index (κ3) is 4.06. The lowest BCUT2D eigenvalue weighted by Crippen LogP contribution is -2.38. The lowest BCUT2D eigenvalue weighted by Gasteiger charge is -2.31. The highest BCUT2D eigenvalue weighted by atomic mass is 32.2. The Labute approximate surface area is 190 Å². The predicted octanol–water partition coefficient (Wildman–Crippen LogP) is 5.64. The van der Waals surface area contributed by atoms with Gasteiger partial charge in [0.15, 0.2) is 5.78 Å². The molecule has 0 bridgehead atoms. The molecule has 0 spiro atoms. The molecule has 0 saturated heterocycles. The first-order valence-corrected chi connectivity index (χ1v) is 12.2. The van der Waals surface area contributed by atoms with Crippen LogP contribution < -0.4 is 0 Å². The number of carbonyl (C=O) groups is 1. The van der Waals surface area contributed by atoms with Gasteiger partial charge in [-0.25, -0.2) is 8.42 Å². The van der Waals surface area contributed by atoms with Gasteiger partial charge in [-0.05, 0) is 38.0 Å². The van der Waals surface area contributed by atoms with E-state index in [-0.39, 0.29) is 10.7 Å². The van der Waals surface area contributed by atoms with Crippen LogP contribution in [0.5, 0.6) is 0 Å². The van der Waals surface area contributed by atoms with Gasteiger partial charge in [0.05, 0.1) is 10.9 Å². The van der Waals surface area contributed by atoms with Gasteiger partial charge in [-0.2, -0.15) is 4.31 Å². The summed E-state index contributed by atoms with van der Waals surface area (Å²) >= 11 is 0. The standard InChI is InChI=1S/C27H27NO3S/c1-4-23-18-25(27(29)22-14-10-19(2)11-15-22)26(21-8-6-5-7-9-21)28(23)32(30,31)24-16-12-20(3)13-17-24/h5-18,23,26H,4H2,1-3H3/t23-,26+/m1/s1. The van der Waals surface area contributed by atoms with Crippen LogP contribution in [0.25, 0.3) is 0 Å². The molecule has 5 heteroatoms. The second kappa shape index (κ2) is 8.85. The molecule has 0 unspecified atom stereocenters. The molecule has 4 rings (SSSR count). The molecule has 32 heavy (non-hydrogen) atoms. The van der Waals surface area contributed by atoms with Crippen LogP contribution in [0.4, 0.5) is 0 Å². The Balaban J connectivity index is 1.85. The highest BCUT2D eigenvalue weighted by Crippen LogP contribution is 2.43.